The summed E-state index contributed by atoms with van der Waals surface area (Å²) in [5, 5.41) is 13.9. The molecule has 1 heterocycles. The number of para-hydroxylation sites is 1. The van der Waals surface area contributed by atoms with Gasteiger partial charge in [-0.1, -0.05) is 62.3 Å². The third kappa shape index (κ3) is 2.62. The molecule has 0 aliphatic carbocycles. The molecule has 3 aromatic rings. The van der Waals surface area contributed by atoms with Crippen LogP contribution in [0, 0.1) is 0 Å². The summed E-state index contributed by atoms with van der Waals surface area (Å²) in [6.45, 7) is 6.56. The fourth-order valence-corrected chi connectivity index (χ4v) is 2.48. The highest BCUT2D eigenvalue weighted by molar-refractivity contribution is 5.78. The lowest BCUT2D eigenvalue weighted by Gasteiger charge is -2.19. The first-order valence-electron chi connectivity index (χ1n) is 7.31. The second kappa shape index (κ2) is 5.34. The minimum atomic E-state index is 0.116. The van der Waals surface area contributed by atoms with Crippen molar-refractivity contribution in [2.24, 2.45) is 5.16 Å². The average molecular weight is 293 g/mol. The minimum absolute atomic E-state index is 0.116. The number of benzene rings is 2. The first-order valence-corrected chi connectivity index (χ1v) is 7.31. The van der Waals surface area contributed by atoms with E-state index in [1.807, 2.05) is 36.4 Å². The van der Waals surface area contributed by atoms with Gasteiger partial charge in [0.05, 0.1) is 0 Å². The molecule has 0 bridgehead atoms. The smallest absolute Gasteiger partial charge is 0.136 e. The summed E-state index contributed by atoms with van der Waals surface area (Å²) in [6.07, 6.45) is 0. The van der Waals surface area contributed by atoms with Crippen molar-refractivity contribution in [3.8, 4) is 11.3 Å². The summed E-state index contributed by atoms with van der Waals surface area (Å²) in [5.41, 5.74) is 3.05. The highest BCUT2D eigenvalue weighted by atomic mass is 16.4. The zero-order valence-corrected chi connectivity index (χ0v) is 13.0. The summed E-state index contributed by atoms with van der Waals surface area (Å²) < 4.78 is 5.94. The summed E-state index contributed by atoms with van der Waals surface area (Å²) in [7, 11) is 0. The molecule has 0 saturated heterocycles. The van der Waals surface area contributed by atoms with Gasteiger partial charge in [-0.05, 0) is 23.1 Å². The van der Waals surface area contributed by atoms with Gasteiger partial charge in [0.1, 0.15) is 16.7 Å². The fourth-order valence-electron chi connectivity index (χ4n) is 2.48. The van der Waals surface area contributed by atoms with Gasteiger partial charge in [0.15, 0.2) is 0 Å². The van der Waals surface area contributed by atoms with E-state index in [1.54, 1.807) is 6.07 Å². The third-order valence-electron chi connectivity index (χ3n) is 3.79. The molecule has 3 nitrogen and oxygen atoms in total. The Hall–Kier alpha value is -2.55. The molecular formula is C19H19NO2. The van der Waals surface area contributed by atoms with E-state index in [9.17, 15) is 5.21 Å². The molecule has 0 amide bonds. The van der Waals surface area contributed by atoms with Crippen LogP contribution >= 0.6 is 0 Å². The van der Waals surface area contributed by atoms with Gasteiger partial charge in [0.25, 0.3) is 0 Å². The van der Waals surface area contributed by atoms with Crippen LogP contribution in [0.5, 0.6) is 0 Å². The van der Waals surface area contributed by atoms with Crippen molar-refractivity contribution in [1.29, 1.82) is 0 Å². The van der Waals surface area contributed by atoms with E-state index in [0.29, 0.717) is 16.7 Å². The number of rotatable bonds is 1. The molecule has 112 valence electrons. The molecule has 0 saturated carbocycles. The van der Waals surface area contributed by atoms with Gasteiger partial charge in [-0.15, -0.1) is 0 Å². The Morgan fingerprint density at radius 1 is 0.955 bits per heavy atom. The number of fused-ring (bicyclic) bond motifs is 1. The molecule has 0 aliphatic rings. The predicted molar refractivity (Wildman–Crippen MR) is 87.7 cm³/mol. The first-order chi connectivity index (χ1) is 10.5. The van der Waals surface area contributed by atoms with Gasteiger partial charge in [-0.2, -0.15) is 0 Å². The second-order valence-corrected chi connectivity index (χ2v) is 6.42. The van der Waals surface area contributed by atoms with Crippen LogP contribution in [0.1, 0.15) is 26.3 Å². The van der Waals surface area contributed by atoms with E-state index < -0.39 is 0 Å². The molecule has 3 heteroatoms. The molecule has 1 N–H and O–H groups in total. The highest BCUT2D eigenvalue weighted by Gasteiger charge is 2.13. The lowest BCUT2D eigenvalue weighted by atomic mass is 9.86. The van der Waals surface area contributed by atoms with Crippen LogP contribution in [0.4, 0.5) is 0 Å². The van der Waals surface area contributed by atoms with E-state index in [1.165, 1.54) is 5.56 Å². The molecule has 0 radical (unpaired) electrons. The van der Waals surface area contributed by atoms with Gasteiger partial charge in [0.2, 0.25) is 0 Å². The van der Waals surface area contributed by atoms with Crippen molar-refractivity contribution in [3.05, 3.63) is 65.5 Å². The number of nitrogens with zero attached hydrogens (tertiary/aromatic N) is 1. The van der Waals surface area contributed by atoms with Crippen LogP contribution in [-0.2, 0) is 5.41 Å². The Balaban J connectivity index is 2.14. The monoisotopic (exact) mass is 293 g/mol. The van der Waals surface area contributed by atoms with Crippen molar-refractivity contribution < 1.29 is 9.62 Å². The fraction of sp³-hybridized carbons (Fsp3) is 0.211. The maximum Gasteiger partial charge on any atom is 0.136 e. The summed E-state index contributed by atoms with van der Waals surface area (Å²) in [5.74, 6) is 0.687. The lowest BCUT2D eigenvalue weighted by Crippen LogP contribution is -2.10. The Kier molecular flexibility index (Phi) is 3.49. The van der Waals surface area contributed by atoms with E-state index in [-0.39, 0.29) is 5.41 Å². The Bertz CT molecular complexity index is 868. The topological polar surface area (TPSA) is 45.7 Å². The summed E-state index contributed by atoms with van der Waals surface area (Å²) >= 11 is 0. The van der Waals surface area contributed by atoms with Crippen LogP contribution in [-0.4, -0.2) is 5.21 Å². The van der Waals surface area contributed by atoms with Gasteiger partial charge >= 0.3 is 0 Å². The van der Waals surface area contributed by atoms with Crippen molar-refractivity contribution in [3.63, 3.8) is 0 Å². The van der Waals surface area contributed by atoms with Gasteiger partial charge in [-0.3, -0.25) is 0 Å². The maximum atomic E-state index is 9.24. The van der Waals surface area contributed by atoms with Crippen molar-refractivity contribution in [2.75, 3.05) is 0 Å². The number of hydrogen-bond donors (Lipinski definition) is 1. The zero-order chi connectivity index (χ0) is 15.7. The van der Waals surface area contributed by atoms with E-state index in [2.05, 4.69) is 38.1 Å². The van der Waals surface area contributed by atoms with E-state index in [4.69, 9.17) is 4.42 Å². The molecule has 0 fully saturated rings. The van der Waals surface area contributed by atoms with E-state index >= 15 is 0 Å². The standard InChI is InChI=1S/C19H19NO2/c1-19(2,3)14-10-8-13(9-11-14)18-12-16(20-21)15-6-4-5-7-17(15)22-18/h4-12,21H,1-3H3. The highest BCUT2D eigenvalue weighted by Crippen LogP contribution is 2.27. The van der Waals surface area contributed by atoms with Gasteiger partial charge in [0, 0.05) is 17.0 Å². The molecular weight excluding hydrogens is 274 g/mol. The molecule has 1 aromatic heterocycles. The van der Waals surface area contributed by atoms with Crippen LogP contribution in [0.2, 0.25) is 0 Å². The molecule has 0 spiro atoms. The van der Waals surface area contributed by atoms with Crippen LogP contribution in [0.3, 0.4) is 0 Å². The lowest BCUT2D eigenvalue weighted by molar-refractivity contribution is 0.302. The quantitative estimate of drug-likeness (QED) is 0.522. The molecule has 2 aromatic carbocycles. The summed E-state index contributed by atoms with van der Waals surface area (Å²) in [6, 6.07) is 17.6. The molecule has 22 heavy (non-hydrogen) atoms. The zero-order valence-electron chi connectivity index (χ0n) is 13.0. The number of hydrogen-bond acceptors (Lipinski definition) is 3. The van der Waals surface area contributed by atoms with Crippen molar-refractivity contribution in [1.82, 2.24) is 0 Å². The van der Waals surface area contributed by atoms with Crippen LogP contribution < -0.4 is 5.36 Å². The Morgan fingerprint density at radius 2 is 1.64 bits per heavy atom. The largest absolute Gasteiger partial charge is 0.456 e. The SMILES string of the molecule is CC(C)(C)c1ccc(-c2cc(=NO)c3ccccc3o2)cc1. The van der Waals surface area contributed by atoms with E-state index in [0.717, 1.165) is 10.9 Å². The first kappa shape index (κ1) is 14.4. The molecule has 3 rings (SSSR count). The van der Waals surface area contributed by atoms with Crippen LogP contribution in [0.15, 0.2) is 64.2 Å². The second-order valence-electron chi connectivity index (χ2n) is 6.42. The Labute approximate surface area is 129 Å². The van der Waals surface area contributed by atoms with Crippen LogP contribution in [0.25, 0.3) is 22.3 Å². The summed E-state index contributed by atoms with van der Waals surface area (Å²) in [4.78, 5) is 0. The van der Waals surface area contributed by atoms with Crippen molar-refractivity contribution in [2.45, 2.75) is 26.2 Å². The molecule has 0 aliphatic heterocycles. The van der Waals surface area contributed by atoms with Gasteiger partial charge in [-0.25, -0.2) is 0 Å². The molecule has 0 unspecified atom stereocenters. The molecule has 0 atom stereocenters. The van der Waals surface area contributed by atoms with Gasteiger partial charge < -0.3 is 9.62 Å². The normalized spacial score (nSPS) is 12.8. The maximum absolute atomic E-state index is 9.24. The van der Waals surface area contributed by atoms with Crippen molar-refractivity contribution >= 4 is 11.0 Å². The minimum Gasteiger partial charge on any atom is -0.456 e. The third-order valence-corrected chi connectivity index (χ3v) is 3.79. The average Bonchev–Trinajstić information content (AvgIpc) is 2.53. The Morgan fingerprint density at radius 3 is 2.27 bits per heavy atom. The predicted octanol–water partition coefficient (Wildman–Crippen LogP) is 4.69.